The van der Waals surface area contributed by atoms with Crippen molar-refractivity contribution in [2.45, 2.75) is 22.6 Å². The summed E-state index contributed by atoms with van der Waals surface area (Å²) >= 11 is 2.38. The van der Waals surface area contributed by atoms with E-state index in [1.165, 1.54) is 17.8 Å². The molecule has 2 aromatic carbocycles. The molecular weight excluding hydrogens is 621 g/mol. The molecule has 0 atom stereocenters. The predicted molar refractivity (Wildman–Crippen MR) is 143 cm³/mol. The number of aliphatic hydroxyl groups is 1. The number of carbonyl (C=O) groups excluding carboxylic acids is 1. The van der Waals surface area contributed by atoms with Crippen molar-refractivity contribution in [3.63, 3.8) is 0 Å². The molecule has 2 N–H and O–H groups in total. The van der Waals surface area contributed by atoms with E-state index in [4.69, 9.17) is 0 Å². The molecule has 0 unspecified atom stereocenters. The minimum absolute atomic E-state index is 0. The van der Waals surface area contributed by atoms with E-state index < -0.39 is 37.5 Å². The first-order chi connectivity index (χ1) is 17.9. The maximum Gasteiger partial charge on any atom is 1.00 e. The van der Waals surface area contributed by atoms with Crippen LogP contribution in [-0.2, 0) is 20.2 Å². The summed E-state index contributed by atoms with van der Waals surface area (Å²) in [7, 11) is -8.69. The number of Topliss-reactive ketones (excluding diaryl/α,β-unsaturated/α-hetero) is 1. The van der Waals surface area contributed by atoms with Crippen molar-refractivity contribution in [2.24, 2.45) is 0 Å². The zero-order chi connectivity index (χ0) is 27.7. The number of rotatable bonds is 11. The molecule has 0 radical (unpaired) electrons. The number of ketones is 1. The van der Waals surface area contributed by atoms with Crippen LogP contribution >= 0.6 is 23.5 Å². The van der Waals surface area contributed by atoms with Crippen LogP contribution in [0.3, 0.4) is 0 Å². The number of aromatic hydroxyl groups is 1. The Morgan fingerprint density at radius 2 is 1.43 bits per heavy atom. The van der Waals surface area contributed by atoms with Crippen molar-refractivity contribution < 1.29 is 100 Å². The van der Waals surface area contributed by atoms with Crippen LogP contribution in [0.5, 0.6) is 5.75 Å². The first-order valence-corrected chi connectivity index (χ1v) is 16.4. The molecule has 0 aliphatic heterocycles. The molecule has 1 heterocycles. The first kappa shape index (κ1) is 35.6. The molecule has 1 aliphatic carbocycles. The fourth-order valence-corrected chi connectivity index (χ4v) is 7.24. The largest absolute Gasteiger partial charge is 1.00 e. The van der Waals surface area contributed by atoms with Crippen molar-refractivity contribution in [1.82, 2.24) is 4.98 Å². The van der Waals surface area contributed by atoms with Gasteiger partial charge in [0, 0.05) is 32.9 Å². The summed E-state index contributed by atoms with van der Waals surface area (Å²) in [6.45, 7) is 0. The third-order valence-corrected chi connectivity index (χ3v) is 9.46. The number of para-hydroxylation sites is 1. The standard InChI is InChI=1S/C24H23NO9S4.2Na/c26-21-15-8-7-14(35-9-3-11-37(29,30)31)13-17(15)22(27)19(21)20-23(28)24(36-10-4-12-38(32,33)34)16-5-1-2-6-18(16)25-20;;/h1-2,5-8,13,27-28H,3-4,9-12H2,(H,29,30,31)(H,32,33,34);;/q;2*+1/p-2. The molecular formula is C24H21NNa2O9S4. The maximum absolute atomic E-state index is 13.3. The van der Waals surface area contributed by atoms with Crippen molar-refractivity contribution in [3.8, 4) is 5.75 Å². The van der Waals surface area contributed by atoms with Gasteiger partial charge in [-0.25, -0.2) is 21.8 Å². The Hall–Kier alpha value is -0.620. The Bertz CT molecular complexity index is 1680. The van der Waals surface area contributed by atoms with Crippen LogP contribution in [0.1, 0.15) is 34.5 Å². The number of pyridine rings is 1. The van der Waals surface area contributed by atoms with Crippen LogP contribution in [0.15, 0.2) is 52.3 Å². The minimum Gasteiger partial charge on any atom is -0.748 e. The number of hydrogen-bond acceptors (Lipinski definition) is 12. The van der Waals surface area contributed by atoms with E-state index in [1.54, 1.807) is 36.4 Å². The molecule has 3 aromatic rings. The van der Waals surface area contributed by atoms with E-state index in [2.05, 4.69) is 4.98 Å². The van der Waals surface area contributed by atoms with E-state index in [0.717, 1.165) is 11.8 Å². The molecule has 1 aromatic heterocycles. The van der Waals surface area contributed by atoms with Gasteiger partial charge < -0.3 is 19.3 Å². The van der Waals surface area contributed by atoms with Crippen LogP contribution in [0.25, 0.3) is 22.2 Å². The van der Waals surface area contributed by atoms with Gasteiger partial charge in [-0.15, -0.1) is 23.5 Å². The van der Waals surface area contributed by atoms with Crippen LogP contribution in [0.2, 0.25) is 0 Å². The van der Waals surface area contributed by atoms with Gasteiger partial charge in [0.25, 0.3) is 0 Å². The number of benzene rings is 2. The summed E-state index contributed by atoms with van der Waals surface area (Å²) in [5.74, 6) is -1.76. The molecule has 16 heteroatoms. The van der Waals surface area contributed by atoms with E-state index in [-0.39, 0.29) is 112 Å². The van der Waals surface area contributed by atoms with Gasteiger partial charge >= 0.3 is 59.1 Å². The zero-order valence-electron chi connectivity index (χ0n) is 21.6. The second-order valence-electron chi connectivity index (χ2n) is 8.34. The fraction of sp³-hybridized carbons (Fsp3) is 0.250. The van der Waals surface area contributed by atoms with E-state index in [9.17, 15) is 40.9 Å². The monoisotopic (exact) mass is 641 g/mol. The number of aromatic nitrogens is 1. The smallest absolute Gasteiger partial charge is 0.748 e. The van der Waals surface area contributed by atoms with Gasteiger partial charge in [-0.2, -0.15) is 0 Å². The summed E-state index contributed by atoms with van der Waals surface area (Å²) in [6.07, 6.45) is 0.205. The zero-order valence-corrected chi connectivity index (χ0v) is 28.9. The van der Waals surface area contributed by atoms with Gasteiger partial charge in [-0.05, 0) is 48.6 Å². The molecule has 202 valence electrons. The molecule has 0 spiro atoms. The molecule has 40 heavy (non-hydrogen) atoms. The SMILES string of the molecule is O=C1C(c2nc3ccccc3c(SCCCS(=O)(=O)[O-])c2O)=C(O)c2cc(SCCCS(=O)(=O)[O-])ccc21.[Na+].[Na+]. The van der Waals surface area contributed by atoms with Crippen LogP contribution < -0.4 is 59.1 Å². The Balaban J connectivity index is 0.00000280. The first-order valence-electron chi connectivity index (χ1n) is 11.2. The minimum atomic E-state index is -4.38. The van der Waals surface area contributed by atoms with E-state index in [1.807, 2.05) is 0 Å². The maximum atomic E-state index is 13.3. The van der Waals surface area contributed by atoms with Crippen LogP contribution in [-0.4, -0.2) is 69.9 Å². The third kappa shape index (κ3) is 8.71. The Kier molecular flexibility index (Phi) is 13.1. The average molecular weight is 642 g/mol. The number of hydrogen-bond donors (Lipinski definition) is 2. The number of fused-ring (bicyclic) bond motifs is 2. The van der Waals surface area contributed by atoms with Gasteiger partial charge in [0.1, 0.15) is 11.5 Å². The van der Waals surface area contributed by atoms with Gasteiger partial charge in [0.15, 0.2) is 11.5 Å². The molecule has 4 rings (SSSR count). The van der Waals surface area contributed by atoms with Gasteiger partial charge in [-0.3, -0.25) is 4.79 Å². The normalized spacial score (nSPS) is 13.2. The van der Waals surface area contributed by atoms with Crippen molar-refractivity contribution in [1.29, 1.82) is 0 Å². The summed E-state index contributed by atoms with van der Waals surface area (Å²) in [5.41, 5.74) is 0.555. The second kappa shape index (κ2) is 14.7. The van der Waals surface area contributed by atoms with Gasteiger partial charge in [0.2, 0.25) is 0 Å². The second-order valence-corrected chi connectivity index (χ2v) is 13.7. The Morgan fingerprint density at radius 1 is 0.825 bits per heavy atom. The number of thioether (sulfide) groups is 2. The molecule has 10 nitrogen and oxygen atoms in total. The molecule has 1 aliphatic rings. The van der Waals surface area contributed by atoms with Gasteiger partial charge in [0.05, 0.1) is 36.2 Å². The number of carbonyl (C=O) groups is 1. The molecule has 0 fully saturated rings. The predicted octanol–water partition coefficient (Wildman–Crippen LogP) is -2.37. The van der Waals surface area contributed by atoms with Crippen LogP contribution in [0, 0.1) is 0 Å². The summed E-state index contributed by atoms with van der Waals surface area (Å²) in [4.78, 5) is 18.7. The van der Waals surface area contributed by atoms with Crippen LogP contribution in [0.4, 0.5) is 0 Å². The molecule has 0 bridgehead atoms. The number of aliphatic hydroxyl groups excluding tert-OH is 1. The van der Waals surface area contributed by atoms with Crippen molar-refractivity contribution in [2.75, 3.05) is 23.0 Å². The van der Waals surface area contributed by atoms with Gasteiger partial charge in [-0.1, -0.05) is 18.2 Å². The van der Waals surface area contributed by atoms with Crippen molar-refractivity contribution >= 4 is 71.8 Å². The van der Waals surface area contributed by atoms with E-state index >= 15 is 0 Å². The van der Waals surface area contributed by atoms with E-state index in [0.29, 0.717) is 26.4 Å². The van der Waals surface area contributed by atoms with Crippen molar-refractivity contribution in [3.05, 3.63) is 59.3 Å². The Morgan fingerprint density at radius 3 is 2.05 bits per heavy atom. The summed E-state index contributed by atoms with van der Waals surface area (Å²) in [5, 5.41) is 22.7. The Labute approximate surface area is 284 Å². The topological polar surface area (TPSA) is 185 Å². The molecule has 0 saturated heterocycles. The summed E-state index contributed by atoms with van der Waals surface area (Å²) < 4.78 is 65.2. The average Bonchev–Trinajstić information content (AvgIpc) is 3.08. The quantitative estimate of drug-likeness (QED) is 0.0983. The molecule has 0 saturated carbocycles. The summed E-state index contributed by atoms with van der Waals surface area (Å²) in [6, 6.07) is 11.6. The molecule has 0 amide bonds. The third-order valence-electron chi connectivity index (χ3n) is 5.60. The number of nitrogens with zero attached hydrogens (tertiary/aromatic N) is 1. The number of allylic oxidation sites excluding steroid dienone is 1. The fourth-order valence-electron chi connectivity index (χ4n) is 3.93.